The summed E-state index contributed by atoms with van der Waals surface area (Å²) in [6, 6.07) is 14.9. The van der Waals surface area contributed by atoms with Gasteiger partial charge >= 0.3 is 0 Å². The van der Waals surface area contributed by atoms with Gasteiger partial charge < -0.3 is 19.5 Å². The highest BCUT2D eigenvalue weighted by atomic mass is 16.5. The van der Waals surface area contributed by atoms with Crippen LogP contribution in [-0.2, 0) is 4.79 Å². The molecule has 2 aromatic carbocycles. The number of carbonyl (C=O) groups excluding carboxylic acids is 2. The summed E-state index contributed by atoms with van der Waals surface area (Å²) in [6.07, 6.45) is 6.34. The number of hydrogen-bond acceptors (Lipinski definition) is 3. The van der Waals surface area contributed by atoms with Crippen LogP contribution in [0.1, 0.15) is 74.5 Å². The Labute approximate surface area is 207 Å². The molecule has 0 saturated heterocycles. The molecule has 1 unspecified atom stereocenters. The van der Waals surface area contributed by atoms with Gasteiger partial charge in [-0.15, -0.1) is 0 Å². The number of benzene rings is 2. The van der Waals surface area contributed by atoms with E-state index in [2.05, 4.69) is 31.0 Å². The Kier molecular flexibility index (Phi) is 6.54. The molecule has 5 rings (SSSR count). The van der Waals surface area contributed by atoms with Crippen molar-refractivity contribution in [3.63, 3.8) is 0 Å². The van der Waals surface area contributed by atoms with E-state index in [1.807, 2.05) is 17.0 Å². The summed E-state index contributed by atoms with van der Waals surface area (Å²) in [6.45, 7) is 4.82. The first kappa shape index (κ1) is 23.5. The number of carbonyl (C=O) groups is 2. The highest BCUT2D eigenvalue weighted by Crippen LogP contribution is 2.47. The number of anilines is 1. The van der Waals surface area contributed by atoms with Gasteiger partial charge in [-0.25, -0.2) is 0 Å². The van der Waals surface area contributed by atoms with Crippen LogP contribution in [0.5, 0.6) is 5.75 Å². The number of methoxy groups -OCH3 is 1. The van der Waals surface area contributed by atoms with E-state index < -0.39 is 6.04 Å². The number of hydrogen-bond donors (Lipinski definition) is 1. The maximum atomic E-state index is 14.2. The molecule has 6 nitrogen and oxygen atoms in total. The first-order valence-electron chi connectivity index (χ1n) is 12.9. The molecule has 2 amide bonds. The lowest BCUT2D eigenvalue weighted by Crippen LogP contribution is -2.46. The zero-order valence-corrected chi connectivity index (χ0v) is 20.9. The van der Waals surface area contributed by atoms with Crippen molar-refractivity contribution in [3.8, 4) is 5.75 Å². The lowest BCUT2D eigenvalue weighted by atomic mass is 9.94. The van der Waals surface area contributed by atoms with E-state index in [0.29, 0.717) is 23.8 Å². The lowest BCUT2D eigenvalue weighted by molar-refractivity contribution is -0.123. The number of ether oxygens (including phenoxy) is 1. The van der Waals surface area contributed by atoms with E-state index in [1.54, 1.807) is 36.3 Å². The Balaban J connectivity index is 1.59. The normalized spacial score (nSPS) is 18.3. The quantitative estimate of drug-likeness (QED) is 0.452. The zero-order valence-electron chi connectivity index (χ0n) is 20.9. The molecule has 0 bridgehead atoms. The van der Waals surface area contributed by atoms with Crippen molar-refractivity contribution in [1.29, 1.82) is 0 Å². The summed E-state index contributed by atoms with van der Waals surface area (Å²) in [7, 11) is 1.61. The zero-order chi connectivity index (χ0) is 24.5. The molecule has 2 aliphatic rings. The molecule has 1 aliphatic heterocycles. The largest absolute Gasteiger partial charge is 0.497 e. The standard InChI is InChI=1S/C29H35N3O3/c1-19(2)17-18-31(28(33)20-13-15-22(35-3)16-14-20)27-25-26(23-11-7-8-12-24(23)30-25)32(29(27)34)21-9-5-4-6-10-21/h7-8,11-16,19,21,27,30H,4-6,9-10,17-18H2,1-3H3. The smallest absolute Gasteiger partial charge is 0.256 e. The second-order valence-electron chi connectivity index (χ2n) is 10.2. The predicted molar refractivity (Wildman–Crippen MR) is 139 cm³/mol. The Bertz CT molecular complexity index is 1210. The van der Waals surface area contributed by atoms with E-state index in [1.165, 1.54) is 6.42 Å². The van der Waals surface area contributed by atoms with Crippen molar-refractivity contribution >= 4 is 28.4 Å². The Morgan fingerprint density at radius 1 is 1.09 bits per heavy atom. The molecule has 3 aromatic rings. The van der Waals surface area contributed by atoms with Gasteiger partial charge in [-0.3, -0.25) is 9.59 Å². The van der Waals surface area contributed by atoms with Crippen LogP contribution < -0.4 is 9.64 Å². The van der Waals surface area contributed by atoms with Gasteiger partial charge in [-0.2, -0.15) is 0 Å². The minimum absolute atomic E-state index is 0.0227. The van der Waals surface area contributed by atoms with Gasteiger partial charge in [-0.1, -0.05) is 51.3 Å². The number of para-hydroxylation sites is 1. The van der Waals surface area contributed by atoms with Crippen molar-refractivity contribution in [2.24, 2.45) is 5.92 Å². The van der Waals surface area contributed by atoms with Crippen LogP contribution in [0.2, 0.25) is 0 Å². The molecule has 1 saturated carbocycles. The molecular formula is C29H35N3O3. The third-order valence-corrected chi connectivity index (χ3v) is 7.49. The number of nitrogens with one attached hydrogen (secondary N) is 1. The second kappa shape index (κ2) is 9.76. The molecule has 1 aromatic heterocycles. The van der Waals surface area contributed by atoms with Gasteiger partial charge in [0.1, 0.15) is 5.75 Å². The van der Waals surface area contributed by atoms with Crippen LogP contribution in [-0.4, -0.2) is 41.4 Å². The molecule has 1 aliphatic carbocycles. The number of nitrogens with zero attached hydrogens (tertiary/aromatic N) is 2. The van der Waals surface area contributed by atoms with E-state index in [9.17, 15) is 9.59 Å². The summed E-state index contributed by atoms with van der Waals surface area (Å²) in [4.78, 5) is 35.4. The van der Waals surface area contributed by atoms with Crippen LogP contribution in [0.3, 0.4) is 0 Å². The fourth-order valence-corrected chi connectivity index (χ4v) is 5.61. The fraction of sp³-hybridized carbons (Fsp3) is 0.448. The monoisotopic (exact) mass is 473 g/mol. The molecule has 1 atom stereocenters. The third-order valence-electron chi connectivity index (χ3n) is 7.49. The fourth-order valence-electron chi connectivity index (χ4n) is 5.61. The van der Waals surface area contributed by atoms with Crippen molar-refractivity contribution in [2.75, 3.05) is 18.6 Å². The maximum Gasteiger partial charge on any atom is 0.256 e. The summed E-state index contributed by atoms with van der Waals surface area (Å²) < 4.78 is 5.28. The molecule has 35 heavy (non-hydrogen) atoms. The van der Waals surface area contributed by atoms with Crippen molar-refractivity contribution in [2.45, 2.75) is 64.5 Å². The van der Waals surface area contributed by atoms with Gasteiger partial charge in [0.2, 0.25) is 0 Å². The molecule has 0 spiro atoms. The van der Waals surface area contributed by atoms with Gasteiger partial charge in [0.05, 0.1) is 18.5 Å². The van der Waals surface area contributed by atoms with Crippen LogP contribution in [0, 0.1) is 5.92 Å². The van der Waals surface area contributed by atoms with Crippen molar-refractivity contribution < 1.29 is 14.3 Å². The number of aromatic nitrogens is 1. The number of aromatic amines is 1. The first-order chi connectivity index (χ1) is 17.0. The van der Waals surface area contributed by atoms with Gasteiger partial charge in [0.15, 0.2) is 6.04 Å². The van der Waals surface area contributed by atoms with Crippen molar-refractivity contribution in [1.82, 2.24) is 9.88 Å². The molecule has 2 heterocycles. The highest BCUT2D eigenvalue weighted by Gasteiger charge is 2.47. The topological polar surface area (TPSA) is 65.6 Å². The maximum absolute atomic E-state index is 14.2. The predicted octanol–water partition coefficient (Wildman–Crippen LogP) is 6.09. The Morgan fingerprint density at radius 3 is 2.49 bits per heavy atom. The van der Waals surface area contributed by atoms with E-state index >= 15 is 0 Å². The van der Waals surface area contributed by atoms with Gasteiger partial charge in [-0.05, 0) is 55.5 Å². The molecule has 0 radical (unpaired) electrons. The average Bonchev–Trinajstić information content (AvgIpc) is 3.38. The first-order valence-corrected chi connectivity index (χ1v) is 12.9. The summed E-state index contributed by atoms with van der Waals surface area (Å²) in [5, 5.41) is 1.06. The van der Waals surface area contributed by atoms with Gasteiger partial charge in [0.25, 0.3) is 11.8 Å². The molecule has 184 valence electrons. The molecule has 1 N–H and O–H groups in total. The lowest BCUT2D eigenvalue weighted by Gasteiger charge is -2.34. The summed E-state index contributed by atoms with van der Waals surface area (Å²) >= 11 is 0. The Hall–Kier alpha value is -3.28. The average molecular weight is 474 g/mol. The van der Waals surface area contributed by atoms with E-state index in [-0.39, 0.29) is 17.9 Å². The van der Waals surface area contributed by atoms with Crippen LogP contribution in [0.15, 0.2) is 48.5 Å². The Morgan fingerprint density at radius 2 is 1.80 bits per heavy atom. The third kappa shape index (κ3) is 4.30. The van der Waals surface area contributed by atoms with Gasteiger partial charge in [0, 0.05) is 29.1 Å². The minimum Gasteiger partial charge on any atom is -0.497 e. The minimum atomic E-state index is -0.646. The molecular weight excluding hydrogens is 438 g/mol. The summed E-state index contributed by atoms with van der Waals surface area (Å²) in [5.74, 6) is 1.01. The number of H-pyrrole nitrogens is 1. The number of amides is 2. The number of fused-ring (bicyclic) bond motifs is 3. The van der Waals surface area contributed by atoms with Crippen LogP contribution in [0.4, 0.5) is 5.69 Å². The van der Waals surface area contributed by atoms with E-state index in [0.717, 1.165) is 54.4 Å². The highest BCUT2D eigenvalue weighted by molar-refractivity contribution is 6.14. The SMILES string of the molecule is COc1ccc(C(=O)N(CCC(C)C)C2C(=O)N(C3CCCCC3)c3c2[nH]c2ccccc32)cc1. The molecule has 6 heteroatoms. The number of rotatable bonds is 7. The van der Waals surface area contributed by atoms with E-state index in [4.69, 9.17) is 4.74 Å². The van der Waals surface area contributed by atoms with Crippen molar-refractivity contribution in [3.05, 3.63) is 59.8 Å². The second-order valence-corrected chi connectivity index (χ2v) is 10.2. The van der Waals surface area contributed by atoms with Crippen LogP contribution in [0.25, 0.3) is 10.9 Å². The summed E-state index contributed by atoms with van der Waals surface area (Å²) in [5.41, 5.74) is 3.40. The molecule has 1 fully saturated rings. The van der Waals surface area contributed by atoms with Crippen LogP contribution >= 0.6 is 0 Å².